The van der Waals surface area contributed by atoms with E-state index >= 15 is 0 Å². The van der Waals surface area contributed by atoms with E-state index in [0.29, 0.717) is 18.7 Å². The molecule has 0 fully saturated rings. The van der Waals surface area contributed by atoms with Crippen molar-refractivity contribution in [2.75, 3.05) is 17.1 Å². The van der Waals surface area contributed by atoms with Gasteiger partial charge in [0.25, 0.3) is 0 Å². The number of benzene rings is 2. The molecule has 2 aromatic carbocycles. The Hall–Kier alpha value is -2.41. The number of carbonyl (C=O) groups is 1. The monoisotopic (exact) mass is 392 g/mol. The van der Waals surface area contributed by atoms with Crippen molar-refractivity contribution >= 4 is 21.6 Å². The van der Waals surface area contributed by atoms with Gasteiger partial charge in [0.05, 0.1) is 11.9 Å². The van der Waals surface area contributed by atoms with Gasteiger partial charge >= 0.3 is 0 Å². The molecule has 146 valence electrons. The molecule has 0 unspecified atom stereocenters. The fourth-order valence-electron chi connectivity index (χ4n) is 3.02. The molecular weight excluding hydrogens is 367 g/mol. The molecule has 5 nitrogen and oxygen atoms in total. The van der Waals surface area contributed by atoms with Gasteiger partial charge < -0.3 is 5.32 Å². The third kappa shape index (κ3) is 5.79. The van der Waals surface area contributed by atoms with Gasteiger partial charge in [-0.25, -0.2) is 12.8 Å². The first kappa shape index (κ1) is 20.9. The molecule has 0 aliphatic rings. The number of rotatable bonds is 7. The van der Waals surface area contributed by atoms with Crippen molar-refractivity contribution in [2.24, 2.45) is 0 Å². The second-order valence-corrected chi connectivity index (χ2v) is 8.61. The highest BCUT2D eigenvalue weighted by atomic mass is 32.2. The Labute approximate surface area is 160 Å². The number of hydrogen-bond acceptors (Lipinski definition) is 3. The van der Waals surface area contributed by atoms with Gasteiger partial charge in [-0.2, -0.15) is 0 Å². The summed E-state index contributed by atoms with van der Waals surface area (Å²) in [5.41, 5.74) is 3.19. The minimum atomic E-state index is -3.65. The first-order chi connectivity index (χ1) is 12.6. The lowest BCUT2D eigenvalue weighted by molar-refractivity contribution is -0.121. The lowest BCUT2D eigenvalue weighted by Gasteiger charge is -2.28. The number of anilines is 1. The van der Waals surface area contributed by atoms with E-state index in [1.807, 2.05) is 19.9 Å². The highest BCUT2D eigenvalue weighted by molar-refractivity contribution is 7.92. The first-order valence-corrected chi connectivity index (χ1v) is 10.5. The van der Waals surface area contributed by atoms with Crippen LogP contribution in [0.25, 0.3) is 0 Å². The second kappa shape index (κ2) is 8.52. The lowest BCUT2D eigenvalue weighted by Crippen LogP contribution is -2.48. The number of nitrogens with zero attached hydrogens (tertiary/aromatic N) is 1. The highest BCUT2D eigenvalue weighted by Gasteiger charge is 2.29. The molecule has 1 N–H and O–H groups in total. The summed E-state index contributed by atoms with van der Waals surface area (Å²) in [6, 6.07) is 10.6. The Morgan fingerprint density at radius 2 is 1.67 bits per heavy atom. The van der Waals surface area contributed by atoms with E-state index in [1.54, 1.807) is 31.2 Å². The molecule has 0 spiro atoms. The van der Waals surface area contributed by atoms with Gasteiger partial charge in [-0.15, -0.1) is 0 Å². The first-order valence-electron chi connectivity index (χ1n) is 8.68. The van der Waals surface area contributed by atoms with Crippen LogP contribution < -0.4 is 9.62 Å². The normalized spacial score (nSPS) is 12.5. The van der Waals surface area contributed by atoms with Crippen molar-refractivity contribution in [1.82, 2.24) is 5.32 Å². The Balaban J connectivity index is 2.11. The van der Waals surface area contributed by atoms with Gasteiger partial charge in [0.15, 0.2) is 0 Å². The van der Waals surface area contributed by atoms with Crippen LogP contribution in [0.1, 0.15) is 23.6 Å². The molecule has 2 rings (SSSR count). The van der Waals surface area contributed by atoms with Crippen LogP contribution in [0.15, 0.2) is 42.5 Å². The fraction of sp³-hybridized carbons (Fsp3) is 0.350. The third-order valence-electron chi connectivity index (χ3n) is 4.18. The largest absolute Gasteiger partial charge is 0.354 e. The standard InChI is InChI=1S/C20H25FN2O3S/c1-14-11-15(2)13-19(12-14)23(27(4,25)26)16(3)20(24)22-10-9-17-5-7-18(21)8-6-17/h5-8,11-13,16H,9-10H2,1-4H3,(H,22,24)/t16-/m1/s1. The minimum absolute atomic E-state index is 0.311. The summed E-state index contributed by atoms with van der Waals surface area (Å²) in [4.78, 5) is 12.5. The number of carbonyl (C=O) groups excluding carboxylic acids is 1. The van der Waals surface area contributed by atoms with E-state index in [9.17, 15) is 17.6 Å². The number of nitrogens with one attached hydrogen (secondary N) is 1. The number of aryl methyl sites for hydroxylation is 2. The average Bonchev–Trinajstić information content (AvgIpc) is 2.54. The van der Waals surface area contributed by atoms with E-state index in [4.69, 9.17) is 0 Å². The molecule has 1 amide bonds. The fourth-order valence-corrected chi connectivity index (χ4v) is 4.17. The SMILES string of the molecule is Cc1cc(C)cc(N([C@H](C)C(=O)NCCc2ccc(F)cc2)S(C)(=O)=O)c1. The van der Waals surface area contributed by atoms with Crippen molar-refractivity contribution in [3.63, 3.8) is 0 Å². The van der Waals surface area contributed by atoms with Crippen molar-refractivity contribution in [3.8, 4) is 0 Å². The molecule has 0 saturated heterocycles. The molecule has 0 aromatic heterocycles. The summed E-state index contributed by atoms with van der Waals surface area (Å²) in [5, 5.41) is 2.76. The molecule has 0 aliphatic heterocycles. The highest BCUT2D eigenvalue weighted by Crippen LogP contribution is 2.23. The van der Waals surface area contributed by atoms with Gasteiger partial charge in [-0.05, 0) is 68.1 Å². The third-order valence-corrected chi connectivity index (χ3v) is 5.42. The second-order valence-electron chi connectivity index (χ2n) is 6.75. The van der Waals surface area contributed by atoms with E-state index in [1.165, 1.54) is 12.1 Å². The Kier molecular flexibility index (Phi) is 6.59. The van der Waals surface area contributed by atoms with Crippen LogP contribution in [0.5, 0.6) is 0 Å². The summed E-state index contributed by atoms with van der Waals surface area (Å²) in [5.74, 6) is -0.699. The molecule has 27 heavy (non-hydrogen) atoms. The average molecular weight is 392 g/mol. The quantitative estimate of drug-likeness (QED) is 0.788. The van der Waals surface area contributed by atoms with E-state index in [0.717, 1.165) is 27.3 Å². The molecule has 1 atom stereocenters. The Morgan fingerprint density at radius 3 is 2.19 bits per heavy atom. The Morgan fingerprint density at radius 1 is 1.11 bits per heavy atom. The number of amides is 1. The summed E-state index contributed by atoms with van der Waals surface area (Å²) in [7, 11) is -3.65. The summed E-state index contributed by atoms with van der Waals surface area (Å²) in [6.45, 7) is 5.65. The molecule has 0 bridgehead atoms. The lowest BCUT2D eigenvalue weighted by atomic mass is 10.1. The molecule has 7 heteroatoms. The van der Waals surface area contributed by atoms with Crippen LogP contribution in [0, 0.1) is 19.7 Å². The summed E-state index contributed by atoms with van der Waals surface area (Å²) >= 11 is 0. The maximum absolute atomic E-state index is 12.9. The molecule has 0 saturated carbocycles. The van der Waals surface area contributed by atoms with E-state index in [-0.39, 0.29) is 11.7 Å². The maximum atomic E-state index is 12.9. The van der Waals surface area contributed by atoms with Gasteiger partial charge in [0, 0.05) is 6.54 Å². The van der Waals surface area contributed by atoms with Crippen molar-refractivity contribution in [3.05, 3.63) is 65.0 Å². The minimum Gasteiger partial charge on any atom is -0.354 e. The number of sulfonamides is 1. The van der Waals surface area contributed by atoms with Crippen LogP contribution in [-0.4, -0.2) is 33.2 Å². The van der Waals surface area contributed by atoms with Gasteiger partial charge in [-0.1, -0.05) is 18.2 Å². The zero-order valence-electron chi connectivity index (χ0n) is 16.0. The predicted molar refractivity (Wildman–Crippen MR) is 106 cm³/mol. The van der Waals surface area contributed by atoms with Crippen LogP contribution in [0.2, 0.25) is 0 Å². The molecule has 0 radical (unpaired) electrons. The number of hydrogen-bond donors (Lipinski definition) is 1. The van der Waals surface area contributed by atoms with Gasteiger partial charge in [0.1, 0.15) is 11.9 Å². The molecule has 2 aromatic rings. The summed E-state index contributed by atoms with van der Waals surface area (Å²) < 4.78 is 38.7. The molecule has 0 aliphatic carbocycles. The smallest absolute Gasteiger partial charge is 0.243 e. The van der Waals surface area contributed by atoms with Crippen molar-refractivity contribution < 1.29 is 17.6 Å². The van der Waals surface area contributed by atoms with E-state index < -0.39 is 16.1 Å². The zero-order valence-corrected chi connectivity index (χ0v) is 16.8. The Bertz CT molecular complexity index is 891. The van der Waals surface area contributed by atoms with Gasteiger partial charge in [0.2, 0.25) is 15.9 Å². The van der Waals surface area contributed by atoms with Crippen LogP contribution in [-0.2, 0) is 21.2 Å². The number of halogens is 1. The van der Waals surface area contributed by atoms with Crippen molar-refractivity contribution in [1.29, 1.82) is 0 Å². The maximum Gasteiger partial charge on any atom is 0.243 e. The topological polar surface area (TPSA) is 66.5 Å². The zero-order chi connectivity index (χ0) is 20.2. The van der Waals surface area contributed by atoms with Crippen LogP contribution in [0.4, 0.5) is 10.1 Å². The van der Waals surface area contributed by atoms with E-state index in [2.05, 4.69) is 5.32 Å². The predicted octanol–water partition coefficient (Wildman–Crippen LogP) is 2.96. The summed E-state index contributed by atoms with van der Waals surface area (Å²) in [6.07, 6.45) is 1.62. The van der Waals surface area contributed by atoms with Crippen LogP contribution in [0.3, 0.4) is 0 Å². The molecule has 0 heterocycles. The van der Waals surface area contributed by atoms with Crippen molar-refractivity contribution in [2.45, 2.75) is 33.2 Å². The van der Waals surface area contributed by atoms with Gasteiger partial charge in [-0.3, -0.25) is 9.10 Å². The van der Waals surface area contributed by atoms with Crippen LogP contribution >= 0.6 is 0 Å². The molecular formula is C20H25FN2O3S.